The lowest BCUT2D eigenvalue weighted by Crippen LogP contribution is -2.30. The third kappa shape index (κ3) is 3.07. The SMILES string of the molecule is Cc1ccsc1S(=O)(=O)NCC1CCN(C)C1. The van der Waals surface area contributed by atoms with Crippen LogP contribution in [0.25, 0.3) is 0 Å². The molecule has 96 valence electrons. The van der Waals surface area contributed by atoms with Crippen molar-refractivity contribution in [3.05, 3.63) is 17.0 Å². The molecule has 1 N–H and O–H groups in total. The number of hydrogen-bond donors (Lipinski definition) is 1. The molecule has 1 aliphatic rings. The summed E-state index contributed by atoms with van der Waals surface area (Å²) in [5.41, 5.74) is 0.825. The van der Waals surface area contributed by atoms with Crippen molar-refractivity contribution < 1.29 is 8.42 Å². The van der Waals surface area contributed by atoms with E-state index in [1.54, 1.807) is 0 Å². The van der Waals surface area contributed by atoms with Gasteiger partial charge < -0.3 is 4.90 Å². The Morgan fingerprint density at radius 2 is 2.35 bits per heavy atom. The molecule has 1 aromatic heterocycles. The molecule has 17 heavy (non-hydrogen) atoms. The van der Waals surface area contributed by atoms with Crippen molar-refractivity contribution in [3.63, 3.8) is 0 Å². The number of thiophene rings is 1. The van der Waals surface area contributed by atoms with Crippen molar-refractivity contribution in [3.8, 4) is 0 Å². The highest BCUT2D eigenvalue weighted by Crippen LogP contribution is 2.22. The quantitative estimate of drug-likeness (QED) is 0.900. The Kier molecular flexibility index (Phi) is 3.87. The predicted molar refractivity (Wildman–Crippen MR) is 69.8 cm³/mol. The van der Waals surface area contributed by atoms with Gasteiger partial charge >= 0.3 is 0 Å². The highest BCUT2D eigenvalue weighted by Gasteiger charge is 2.23. The molecule has 0 amide bonds. The van der Waals surface area contributed by atoms with E-state index < -0.39 is 10.0 Å². The standard InChI is InChI=1S/C11H18N2O2S2/c1-9-4-6-16-11(9)17(14,15)12-7-10-3-5-13(2)8-10/h4,6,10,12H,3,5,7-8H2,1-2H3. The van der Waals surface area contributed by atoms with E-state index in [1.807, 2.05) is 18.4 Å². The molecule has 0 spiro atoms. The highest BCUT2D eigenvalue weighted by atomic mass is 32.2. The maximum absolute atomic E-state index is 12.0. The summed E-state index contributed by atoms with van der Waals surface area (Å²) in [6.45, 7) is 4.41. The average Bonchev–Trinajstić information content (AvgIpc) is 2.85. The fourth-order valence-electron chi connectivity index (χ4n) is 2.12. The molecule has 1 aliphatic heterocycles. The summed E-state index contributed by atoms with van der Waals surface area (Å²) in [5.74, 6) is 0.440. The summed E-state index contributed by atoms with van der Waals surface area (Å²) in [6.07, 6.45) is 1.07. The maximum Gasteiger partial charge on any atom is 0.250 e. The van der Waals surface area contributed by atoms with Crippen LogP contribution in [0.4, 0.5) is 0 Å². The predicted octanol–water partition coefficient (Wildman–Crippen LogP) is 1.29. The van der Waals surface area contributed by atoms with Crippen molar-refractivity contribution in [1.82, 2.24) is 9.62 Å². The molecule has 4 nitrogen and oxygen atoms in total. The minimum Gasteiger partial charge on any atom is -0.306 e. The molecule has 0 aliphatic carbocycles. The van der Waals surface area contributed by atoms with Gasteiger partial charge in [-0.2, -0.15) is 0 Å². The molecule has 1 saturated heterocycles. The summed E-state index contributed by atoms with van der Waals surface area (Å²) in [4.78, 5) is 2.23. The first-order valence-corrected chi connectivity index (χ1v) is 8.07. The van der Waals surface area contributed by atoms with Gasteiger partial charge in [-0.05, 0) is 49.9 Å². The van der Waals surface area contributed by atoms with Gasteiger partial charge in [0.2, 0.25) is 10.0 Å². The lowest BCUT2D eigenvalue weighted by Gasteiger charge is -2.11. The Balaban J connectivity index is 1.97. The Labute approximate surface area is 107 Å². The van der Waals surface area contributed by atoms with Crippen molar-refractivity contribution in [2.24, 2.45) is 5.92 Å². The molecule has 0 bridgehead atoms. The van der Waals surface area contributed by atoms with Gasteiger partial charge in [0.1, 0.15) is 4.21 Å². The van der Waals surface area contributed by atoms with Gasteiger partial charge in [-0.1, -0.05) is 0 Å². The van der Waals surface area contributed by atoms with Crippen molar-refractivity contribution >= 4 is 21.4 Å². The van der Waals surface area contributed by atoms with Gasteiger partial charge in [0.25, 0.3) is 0 Å². The van der Waals surface area contributed by atoms with Crippen molar-refractivity contribution in [2.75, 3.05) is 26.7 Å². The van der Waals surface area contributed by atoms with E-state index in [0.717, 1.165) is 25.1 Å². The second-order valence-corrected chi connectivity index (χ2v) is 7.54. The number of hydrogen-bond acceptors (Lipinski definition) is 4. The van der Waals surface area contributed by atoms with E-state index in [-0.39, 0.29) is 0 Å². The molecular formula is C11H18N2O2S2. The number of nitrogens with zero attached hydrogens (tertiary/aromatic N) is 1. The number of aryl methyl sites for hydroxylation is 1. The maximum atomic E-state index is 12.0. The van der Waals surface area contributed by atoms with Crippen LogP contribution in [-0.2, 0) is 10.0 Å². The number of nitrogens with one attached hydrogen (secondary N) is 1. The van der Waals surface area contributed by atoms with Crippen LogP contribution in [-0.4, -0.2) is 40.0 Å². The molecule has 1 atom stereocenters. The Morgan fingerprint density at radius 1 is 1.59 bits per heavy atom. The summed E-state index contributed by atoms with van der Waals surface area (Å²) in [7, 11) is -1.24. The monoisotopic (exact) mass is 274 g/mol. The average molecular weight is 274 g/mol. The fraction of sp³-hybridized carbons (Fsp3) is 0.636. The van der Waals surface area contributed by atoms with Gasteiger partial charge in [0.05, 0.1) is 0 Å². The Bertz CT molecular complexity index is 481. The van der Waals surface area contributed by atoms with E-state index in [4.69, 9.17) is 0 Å². The van der Waals surface area contributed by atoms with Crippen LogP contribution in [0.1, 0.15) is 12.0 Å². The van der Waals surface area contributed by atoms with Crippen LogP contribution in [0.2, 0.25) is 0 Å². The number of rotatable bonds is 4. The van der Waals surface area contributed by atoms with E-state index >= 15 is 0 Å². The molecule has 0 radical (unpaired) electrons. The van der Waals surface area contributed by atoms with Gasteiger partial charge in [-0.15, -0.1) is 11.3 Å². The van der Waals surface area contributed by atoms with Gasteiger partial charge in [0, 0.05) is 13.1 Å². The second-order valence-electron chi connectivity index (χ2n) is 4.66. The molecule has 2 rings (SSSR count). The first-order valence-electron chi connectivity index (χ1n) is 5.71. The largest absolute Gasteiger partial charge is 0.306 e. The van der Waals surface area contributed by atoms with E-state index in [0.29, 0.717) is 16.7 Å². The zero-order valence-electron chi connectivity index (χ0n) is 10.1. The molecule has 1 unspecified atom stereocenters. The summed E-state index contributed by atoms with van der Waals surface area (Å²) in [5, 5.41) is 1.81. The first kappa shape index (κ1) is 13.0. The van der Waals surface area contributed by atoms with Crippen LogP contribution < -0.4 is 4.72 Å². The molecule has 1 fully saturated rings. The lowest BCUT2D eigenvalue weighted by atomic mass is 10.1. The highest BCUT2D eigenvalue weighted by molar-refractivity contribution is 7.91. The minimum atomic E-state index is -3.30. The second kappa shape index (κ2) is 5.06. The van der Waals surface area contributed by atoms with Crippen LogP contribution >= 0.6 is 11.3 Å². The Morgan fingerprint density at radius 3 is 2.88 bits per heavy atom. The van der Waals surface area contributed by atoms with E-state index in [9.17, 15) is 8.42 Å². The number of sulfonamides is 1. The molecule has 0 saturated carbocycles. The summed E-state index contributed by atoms with van der Waals surface area (Å²) < 4.78 is 27.2. The molecular weight excluding hydrogens is 256 g/mol. The van der Waals surface area contributed by atoms with Gasteiger partial charge in [-0.3, -0.25) is 0 Å². The molecule has 6 heteroatoms. The summed E-state index contributed by atoms with van der Waals surface area (Å²) >= 11 is 1.28. The summed E-state index contributed by atoms with van der Waals surface area (Å²) in [6, 6.07) is 1.84. The first-order chi connectivity index (χ1) is 7.99. The molecule has 1 aromatic rings. The van der Waals surface area contributed by atoms with E-state index in [2.05, 4.69) is 16.7 Å². The van der Waals surface area contributed by atoms with Crippen LogP contribution in [0.5, 0.6) is 0 Å². The topological polar surface area (TPSA) is 49.4 Å². The lowest BCUT2D eigenvalue weighted by molar-refractivity contribution is 0.394. The Hall–Kier alpha value is -0.430. The van der Waals surface area contributed by atoms with Crippen LogP contribution in [0, 0.1) is 12.8 Å². The van der Waals surface area contributed by atoms with Crippen molar-refractivity contribution in [2.45, 2.75) is 17.6 Å². The minimum absolute atomic E-state index is 0.440. The molecule has 2 heterocycles. The van der Waals surface area contributed by atoms with E-state index in [1.165, 1.54) is 11.3 Å². The third-order valence-electron chi connectivity index (χ3n) is 3.11. The normalized spacial score (nSPS) is 22.1. The molecule has 0 aromatic carbocycles. The zero-order chi connectivity index (χ0) is 12.5. The van der Waals surface area contributed by atoms with Crippen LogP contribution in [0.15, 0.2) is 15.7 Å². The smallest absolute Gasteiger partial charge is 0.250 e. The number of likely N-dealkylation sites (tertiary alicyclic amines) is 1. The van der Waals surface area contributed by atoms with Crippen LogP contribution in [0.3, 0.4) is 0 Å². The van der Waals surface area contributed by atoms with Gasteiger partial charge in [-0.25, -0.2) is 13.1 Å². The zero-order valence-corrected chi connectivity index (χ0v) is 11.8. The van der Waals surface area contributed by atoms with Gasteiger partial charge in [0.15, 0.2) is 0 Å². The fourth-order valence-corrected chi connectivity index (χ4v) is 4.70. The van der Waals surface area contributed by atoms with Crippen molar-refractivity contribution in [1.29, 1.82) is 0 Å². The third-order valence-corrected chi connectivity index (χ3v) is 6.22.